The standard InChI is InChI=1S/C15H15NO3/c1-3-19-15(18)13-9(2)10-5-4-6-11-12(17)7-8-16(13)14(10)11/h4-6H,3,7-8H2,1-2H3. The third-order valence-corrected chi connectivity index (χ3v) is 3.67. The highest BCUT2D eigenvalue weighted by atomic mass is 16.5. The number of esters is 1. The number of hydrogen-bond donors (Lipinski definition) is 0. The molecule has 1 aliphatic heterocycles. The number of para-hydroxylation sites is 1. The minimum atomic E-state index is -0.309. The van der Waals surface area contributed by atoms with Crippen LogP contribution in [0.5, 0.6) is 0 Å². The number of carbonyl (C=O) groups is 2. The second-order valence-electron chi connectivity index (χ2n) is 4.72. The lowest BCUT2D eigenvalue weighted by molar-refractivity contribution is 0.0512. The maximum absolute atomic E-state index is 12.1. The minimum absolute atomic E-state index is 0.144. The van der Waals surface area contributed by atoms with Gasteiger partial charge < -0.3 is 9.30 Å². The predicted octanol–water partition coefficient (Wildman–Crippen LogP) is 2.71. The topological polar surface area (TPSA) is 48.3 Å². The summed E-state index contributed by atoms with van der Waals surface area (Å²) in [5.74, 6) is -0.164. The van der Waals surface area contributed by atoms with Crippen LogP contribution in [0.15, 0.2) is 18.2 Å². The molecule has 1 aliphatic rings. The molecule has 4 nitrogen and oxygen atoms in total. The zero-order valence-corrected chi connectivity index (χ0v) is 11.0. The molecule has 0 fully saturated rings. The molecule has 0 N–H and O–H groups in total. The van der Waals surface area contributed by atoms with Crippen LogP contribution in [0.3, 0.4) is 0 Å². The molecule has 0 radical (unpaired) electrons. The number of aromatic nitrogens is 1. The van der Waals surface area contributed by atoms with Crippen molar-refractivity contribution in [2.24, 2.45) is 0 Å². The Morgan fingerprint density at radius 2 is 2.21 bits per heavy atom. The highest BCUT2D eigenvalue weighted by Crippen LogP contribution is 2.32. The molecular formula is C15H15NO3. The molecule has 2 aromatic rings. The van der Waals surface area contributed by atoms with Crippen molar-refractivity contribution in [3.8, 4) is 0 Å². The van der Waals surface area contributed by atoms with Gasteiger partial charge in [-0.25, -0.2) is 4.79 Å². The molecule has 4 heteroatoms. The van der Waals surface area contributed by atoms with Crippen molar-refractivity contribution in [3.05, 3.63) is 35.0 Å². The van der Waals surface area contributed by atoms with Gasteiger partial charge in [-0.05, 0) is 25.5 Å². The highest BCUT2D eigenvalue weighted by molar-refractivity contribution is 6.11. The maximum Gasteiger partial charge on any atom is 0.355 e. The van der Waals surface area contributed by atoms with Crippen molar-refractivity contribution in [2.75, 3.05) is 6.61 Å². The number of hydrogen-bond acceptors (Lipinski definition) is 3. The first kappa shape index (κ1) is 12.0. The summed E-state index contributed by atoms with van der Waals surface area (Å²) in [6.07, 6.45) is 0.437. The van der Waals surface area contributed by atoms with Crippen LogP contribution in [0.25, 0.3) is 10.9 Å². The maximum atomic E-state index is 12.1. The summed E-state index contributed by atoms with van der Waals surface area (Å²) in [5.41, 5.74) is 3.06. The molecule has 3 rings (SSSR count). The average molecular weight is 257 g/mol. The van der Waals surface area contributed by atoms with E-state index in [0.717, 1.165) is 16.5 Å². The second-order valence-corrected chi connectivity index (χ2v) is 4.72. The number of nitrogens with zero attached hydrogens (tertiary/aromatic N) is 1. The van der Waals surface area contributed by atoms with Crippen LogP contribution in [0, 0.1) is 6.92 Å². The van der Waals surface area contributed by atoms with Crippen LogP contribution < -0.4 is 0 Å². The number of ether oxygens (including phenoxy) is 1. The zero-order valence-electron chi connectivity index (χ0n) is 11.0. The van der Waals surface area contributed by atoms with Gasteiger partial charge in [0.15, 0.2) is 5.78 Å². The van der Waals surface area contributed by atoms with Crippen LogP contribution in [0.4, 0.5) is 0 Å². The number of rotatable bonds is 2. The third kappa shape index (κ3) is 1.59. The molecule has 2 heterocycles. The van der Waals surface area contributed by atoms with Gasteiger partial charge in [0.2, 0.25) is 0 Å². The zero-order chi connectivity index (χ0) is 13.6. The molecule has 0 saturated heterocycles. The van der Waals surface area contributed by atoms with E-state index in [-0.39, 0.29) is 11.8 Å². The van der Waals surface area contributed by atoms with Crippen LogP contribution in [-0.4, -0.2) is 22.9 Å². The van der Waals surface area contributed by atoms with Gasteiger partial charge in [-0.15, -0.1) is 0 Å². The lowest BCUT2D eigenvalue weighted by Crippen LogP contribution is -2.19. The Bertz CT molecular complexity index is 697. The molecule has 98 valence electrons. The molecule has 1 aromatic heterocycles. The Morgan fingerprint density at radius 3 is 2.95 bits per heavy atom. The van der Waals surface area contributed by atoms with E-state index in [4.69, 9.17) is 4.74 Å². The lowest BCUT2D eigenvalue weighted by atomic mass is 10.0. The Hall–Kier alpha value is -2.10. The Kier molecular flexibility index (Phi) is 2.66. The Morgan fingerprint density at radius 1 is 1.42 bits per heavy atom. The van der Waals surface area contributed by atoms with Gasteiger partial charge in [-0.2, -0.15) is 0 Å². The molecule has 0 unspecified atom stereocenters. The molecule has 0 amide bonds. The Balaban J connectivity index is 2.34. The quantitative estimate of drug-likeness (QED) is 0.777. The average Bonchev–Trinajstić information content (AvgIpc) is 2.69. The smallest absolute Gasteiger partial charge is 0.355 e. The van der Waals surface area contributed by atoms with Gasteiger partial charge >= 0.3 is 5.97 Å². The van der Waals surface area contributed by atoms with E-state index in [0.29, 0.717) is 30.8 Å². The molecule has 1 aromatic carbocycles. The van der Waals surface area contributed by atoms with E-state index in [1.54, 1.807) is 6.92 Å². The summed E-state index contributed by atoms with van der Waals surface area (Å²) in [5, 5.41) is 0.966. The van der Waals surface area contributed by atoms with E-state index in [9.17, 15) is 9.59 Å². The second kappa shape index (κ2) is 4.23. The first-order chi connectivity index (χ1) is 9.15. The van der Waals surface area contributed by atoms with Gasteiger partial charge in [0.1, 0.15) is 5.69 Å². The van der Waals surface area contributed by atoms with Crippen molar-refractivity contribution in [1.82, 2.24) is 4.57 Å². The van der Waals surface area contributed by atoms with Gasteiger partial charge in [0.25, 0.3) is 0 Å². The summed E-state index contributed by atoms with van der Waals surface area (Å²) in [6, 6.07) is 5.65. The monoisotopic (exact) mass is 257 g/mol. The first-order valence-electron chi connectivity index (χ1n) is 6.47. The summed E-state index contributed by atoms with van der Waals surface area (Å²) in [6.45, 7) is 4.60. The SMILES string of the molecule is CCOC(=O)c1c(C)c2cccc3c2n1CCC3=O. The van der Waals surface area contributed by atoms with Crippen LogP contribution in [-0.2, 0) is 11.3 Å². The van der Waals surface area contributed by atoms with E-state index < -0.39 is 0 Å². The fourth-order valence-electron chi connectivity index (χ4n) is 2.84. The van der Waals surface area contributed by atoms with E-state index in [1.807, 2.05) is 29.7 Å². The Labute approximate surface area is 111 Å². The fourth-order valence-corrected chi connectivity index (χ4v) is 2.84. The number of carbonyl (C=O) groups excluding carboxylic acids is 2. The van der Waals surface area contributed by atoms with E-state index in [1.165, 1.54) is 0 Å². The van der Waals surface area contributed by atoms with Gasteiger partial charge in [0, 0.05) is 23.9 Å². The van der Waals surface area contributed by atoms with Crippen molar-refractivity contribution >= 4 is 22.7 Å². The van der Waals surface area contributed by atoms with Crippen LogP contribution in [0.1, 0.15) is 39.8 Å². The number of benzene rings is 1. The van der Waals surface area contributed by atoms with Gasteiger partial charge in [0.05, 0.1) is 12.1 Å². The largest absolute Gasteiger partial charge is 0.461 e. The predicted molar refractivity (Wildman–Crippen MR) is 71.6 cm³/mol. The molecule has 0 saturated carbocycles. The molecule has 0 bridgehead atoms. The van der Waals surface area contributed by atoms with Crippen LogP contribution in [0.2, 0.25) is 0 Å². The molecule has 0 atom stereocenters. The third-order valence-electron chi connectivity index (χ3n) is 3.67. The van der Waals surface area contributed by atoms with E-state index in [2.05, 4.69) is 0 Å². The number of aryl methyl sites for hydroxylation is 2. The van der Waals surface area contributed by atoms with Crippen molar-refractivity contribution in [3.63, 3.8) is 0 Å². The minimum Gasteiger partial charge on any atom is -0.461 e. The molecule has 0 spiro atoms. The highest BCUT2D eigenvalue weighted by Gasteiger charge is 2.27. The van der Waals surface area contributed by atoms with E-state index >= 15 is 0 Å². The molecular weight excluding hydrogens is 242 g/mol. The normalized spacial score (nSPS) is 13.9. The van der Waals surface area contributed by atoms with Crippen molar-refractivity contribution < 1.29 is 14.3 Å². The number of ketones is 1. The summed E-state index contributed by atoms with van der Waals surface area (Å²) < 4.78 is 7.06. The summed E-state index contributed by atoms with van der Waals surface area (Å²) in [4.78, 5) is 24.1. The van der Waals surface area contributed by atoms with Crippen molar-refractivity contribution in [1.29, 1.82) is 0 Å². The first-order valence-corrected chi connectivity index (χ1v) is 6.47. The molecule has 0 aliphatic carbocycles. The summed E-state index contributed by atoms with van der Waals surface area (Å²) >= 11 is 0. The number of Topliss-reactive ketones (excluding diaryl/α,β-unsaturated/α-hetero) is 1. The lowest BCUT2D eigenvalue weighted by Gasteiger charge is -2.16. The molecule has 19 heavy (non-hydrogen) atoms. The van der Waals surface area contributed by atoms with Crippen molar-refractivity contribution in [2.45, 2.75) is 26.8 Å². The summed E-state index contributed by atoms with van der Waals surface area (Å²) in [7, 11) is 0. The van der Waals surface area contributed by atoms with Gasteiger partial charge in [-0.3, -0.25) is 4.79 Å². The fraction of sp³-hybridized carbons (Fsp3) is 0.333. The van der Waals surface area contributed by atoms with Gasteiger partial charge in [-0.1, -0.05) is 12.1 Å². The van der Waals surface area contributed by atoms with Crippen LogP contribution >= 0.6 is 0 Å².